The first-order chi connectivity index (χ1) is 17.8. The Labute approximate surface area is 215 Å². The molecular formula is C28H29N5O4. The van der Waals surface area contributed by atoms with E-state index in [1.165, 1.54) is 26.5 Å². The van der Waals surface area contributed by atoms with E-state index in [9.17, 15) is 14.4 Å². The lowest BCUT2D eigenvalue weighted by molar-refractivity contribution is -0.148. The molecule has 0 aliphatic carbocycles. The van der Waals surface area contributed by atoms with Crippen LogP contribution in [-0.2, 0) is 22.7 Å². The lowest BCUT2D eigenvalue weighted by atomic mass is 9.96. The zero-order valence-corrected chi connectivity index (χ0v) is 20.9. The zero-order valence-electron chi connectivity index (χ0n) is 20.9. The molecule has 0 spiro atoms. The summed E-state index contributed by atoms with van der Waals surface area (Å²) in [4.78, 5) is 42.7. The first-order valence-corrected chi connectivity index (χ1v) is 11.6. The van der Waals surface area contributed by atoms with E-state index < -0.39 is 23.3 Å². The third-order valence-electron chi connectivity index (χ3n) is 5.99. The smallest absolute Gasteiger partial charge is 0.278 e. The number of carbonyl (C=O) groups excluding carboxylic acids is 3. The fraction of sp³-hybridized carbons (Fsp3) is 0.214. The molecule has 9 heteroatoms. The van der Waals surface area contributed by atoms with Gasteiger partial charge in [-0.25, -0.2) is 5.48 Å². The van der Waals surface area contributed by atoms with Crippen LogP contribution in [0.4, 0.5) is 0 Å². The summed E-state index contributed by atoms with van der Waals surface area (Å²) in [6, 6.07) is 20.3. The lowest BCUT2D eigenvalue weighted by Crippen LogP contribution is -2.64. The molecule has 0 saturated heterocycles. The van der Waals surface area contributed by atoms with Crippen LogP contribution >= 0.6 is 0 Å². The highest BCUT2D eigenvalue weighted by Crippen LogP contribution is 2.18. The van der Waals surface area contributed by atoms with E-state index in [1.54, 1.807) is 30.5 Å². The molecule has 9 nitrogen and oxygen atoms in total. The molecule has 3 aromatic rings. The number of benzene rings is 2. The molecule has 0 bridgehead atoms. The van der Waals surface area contributed by atoms with Crippen molar-refractivity contribution in [1.82, 2.24) is 26.0 Å². The van der Waals surface area contributed by atoms with Crippen molar-refractivity contribution in [2.45, 2.75) is 25.6 Å². The summed E-state index contributed by atoms with van der Waals surface area (Å²) in [5.74, 6) is 3.83. The van der Waals surface area contributed by atoms with Crippen LogP contribution in [0, 0.1) is 11.8 Å². The predicted octanol–water partition coefficient (Wildman–Crippen LogP) is 1.85. The lowest BCUT2D eigenvalue weighted by Gasteiger charge is -2.34. The molecule has 1 atom stereocenters. The van der Waals surface area contributed by atoms with Gasteiger partial charge in [-0.3, -0.25) is 24.6 Å². The largest absolute Gasteiger partial charge is 0.357 e. The summed E-state index contributed by atoms with van der Waals surface area (Å²) < 4.78 is 0. The van der Waals surface area contributed by atoms with Gasteiger partial charge in [0, 0.05) is 50.1 Å². The van der Waals surface area contributed by atoms with E-state index in [2.05, 4.69) is 27.5 Å². The maximum absolute atomic E-state index is 12.9. The number of likely N-dealkylation sites (N-methyl/N-ethyl adjacent to an activating group) is 2. The number of rotatable bonds is 8. The molecule has 3 amide bonds. The monoisotopic (exact) mass is 499 g/mol. The molecule has 0 aliphatic rings. The summed E-state index contributed by atoms with van der Waals surface area (Å²) in [7, 11) is 2.66. The topological polar surface area (TPSA) is 124 Å². The first kappa shape index (κ1) is 27.1. The third-order valence-corrected chi connectivity index (χ3v) is 5.99. The Morgan fingerprint density at radius 1 is 0.919 bits per heavy atom. The average Bonchev–Trinajstić information content (AvgIpc) is 2.95. The van der Waals surface area contributed by atoms with Crippen LogP contribution in [0.3, 0.4) is 0 Å². The Hall–Kier alpha value is -4.52. The minimum absolute atomic E-state index is 0.261. The second kappa shape index (κ2) is 12.4. The number of pyridine rings is 1. The van der Waals surface area contributed by atoms with E-state index in [1.807, 2.05) is 42.5 Å². The second-order valence-electron chi connectivity index (χ2n) is 8.41. The summed E-state index contributed by atoms with van der Waals surface area (Å²) in [6.07, 6.45) is 1.77. The van der Waals surface area contributed by atoms with Gasteiger partial charge in [0.25, 0.3) is 17.7 Å². The van der Waals surface area contributed by atoms with Crippen molar-refractivity contribution in [2.24, 2.45) is 0 Å². The number of aromatic nitrogens is 1. The SMILES string of the molecule is CNC(=O)[C@@](C)(C(=O)NO)N(C)C(=O)c1ccc(C#Cc2ccc(CNCc3ccccn3)cc2)cc1. The van der Waals surface area contributed by atoms with Gasteiger partial charge in [-0.2, -0.15) is 0 Å². The van der Waals surface area contributed by atoms with Crippen LogP contribution in [-0.4, -0.2) is 52.4 Å². The molecule has 0 saturated carbocycles. The van der Waals surface area contributed by atoms with Gasteiger partial charge < -0.3 is 15.5 Å². The summed E-state index contributed by atoms with van der Waals surface area (Å²) in [6.45, 7) is 2.65. The number of hydrogen-bond donors (Lipinski definition) is 4. The highest BCUT2D eigenvalue weighted by molar-refractivity contribution is 6.12. The molecule has 3 rings (SSSR count). The molecule has 0 unspecified atom stereocenters. The minimum atomic E-state index is -1.95. The molecule has 0 radical (unpaired) electrons. The number of nitrogens with zero attached hydrogens (tertiary/aromatic N) is 2. The molecule has 37 heavy (non-hydrogen) atoms. The summed E-state index contributed by atoms with van der Waals surface area (Å²) in [5, 5.41) is 14.8. The van der Waals surface area contributed by atoms with Gasteiger partial charge in [0.1, 0.15) is 0 Å². The molecule has 190 valence electrons. The van der Waals surface area contributed by atoms with Crippen LogP contribution in [0.1, 0.15) is 39.7 Å². The zero-order chi connectivity index (χ0) is 26.8. The molecule has 1 heterocycles. The summed E-state index contributed by atoms with van der Waals surface area (Å²) >= 11 is 0. The minimum Gasteiger partial charge on any atom is -0.357 e. The van der Waals surface area contributed by atoms with Crippen molar-refractivity contribution in [1.29, 1.82) is 0 Å². The second-order valence-corrected chi connectivity index (χ2v) is 8.41. The standard InChI is InChI=1S/C28H29N5O4/c1-28(26(35)29-2,27(36)32-37)33(3)25(34)23-15-13-21(14-16-23)8-7-20-9-11-22(12-10-20)18-30-19-24-6-4-5-17-31-24/h4-6,9-17,30,37H,18-19H2,1-3H3,(H,29,35)(H,32,36)/t28-/m0/s1. The molecule has 1 aromatic heterocycles. The van der Waals surface area contributed by atoms with Gasteiger partial charge in [0.05, 0.1) is 5.69 Å². The Bertz CT molecular complexity index is 1280. The molecule has 2 aromatic carbocycles. The third kappa shape index (κ3) is 6.58. The number of hydrogen-bond acceptors (Lipinski definition) is 6. The van der Waals surface area contributed by atoms with Crippen molar-refractivity contribution >= 4 is 17.7 Å². The quantitative estimate of drug-likeness (QED) is 0.162. The summed E-state index contributed by atoms with van der Waals surface area (Å²) in [5.41, 5.74) is 3.43. The van der Waals surface area contributed by atoms with Crippen LogP contribution in [0.2, 0.25) is 0 Å². The van der Waals surface area contributed by atoms with Gasteiger partial charge in [0.15, 0.2) is 5.54 Å². The highest BCUT2D eigenvalue weighted by Gasteiger charge is 2.47. The predicted molar refractivity (Wildman–Crippen MR) is 138 cm³/mol. The Morgan fingerprint density at radius 3 is 2.08 bits per heavy atom. The number of nitrogens with one attached hydrogen (secondary N) is 3. The van der Waals surface area contributed by atoms with Crippen molar-refractivity contribution < 1.29 is 19.6 Å². The normalized spacial score (nSPS) is 11.9. The maximum atomic E-state index is 12.9. The molecule has 0 aliphatic heterocycles. The highest BCUT2D eigenvalue weighted by atomic mass is 16.5. The van der Waals surface area contributed by atoms with E-state index in [0.29, 0.717) is 18.7 Å². The van der Waals surface area contributed by atoms with Gasteiger partial charge in [0.2, 0.25) is 0 Å². The molecular weight excluding hydrogens is 470 g/mol. The molecule has 0 fully saturated rings. The van der Waals surface area contributed by atoms with Gasteiger partial charge in [-0.1, -0.05) is 30.0 Å². The van der Waals surface area contributed by atoms with Crippen molar-refractivity contribution in [3.05, 3.63) is 101 Å². The Kier molecular flexibility index (Phi) is 9.11. The van der Waals surface area contributed by atoms with Crippen LogP contribution in [0.25, 0.3) is 0 Å². The first-order valence-electron chi connectivity index (χ1n) is 11.6. The van der Waals surface area contributed by atoms with Gasteiger partial charge in [-0.05, 0) is 61.0 Å². The number of carbonyl (C=O) groups is 3. The Morgan fingerprint density at radius 2 is 1.54 bits per heavy atom. The van der Waals surface area contributed by atoms with Crippen molar-refractivity contribution in [2.75, 3.05) is 14.1 Å². The fourth-order valence-electron chi connectivity index (χ4n) is 3.54. The van der Waals surface area contributed by atoms with Crippen molar-refractivity contribution in [3.63, 3.8) is 0 Å². The average molecular weight is 500 g/mol. The van der Waals surface area contributed by atoms with Crippen LogP contribution < -0.4 is 16.1 Å². The van der Waals surface area contributed by atoms with Crippen LogP contribution in [0.15, 0.2) is 72.9 Å². The van der Waals surface area contributed by atoms with E-state index in [4.69, 9.17) is 5.21 Å². The van der Waals surface area contributed by atoms with E-state index in [-0.39, 0.29) is 5.56 Å². The fourth-order valence-corrected chi connectivity index (χ4v) is 3.54. The Balaban J connectivity index is 1.62. The maximum Gasteiger partial charge on any atom is 0.278 e. The van der Waals surface area contributed by atoms with Crippen LogP contribution in [0.5, 0.6) is 0 Å². The van der Waals surface area contributed by atoms with Gasteiger partial charge >= 0.3 is 0 Å². The van der Waals surface area contributed by atoms with Crippen molar-refractivity contribution in [3.8, 4) is 11.8 Å². The number of amides is 3. The van der Waals surface area contributed by atoms with Gasteiger partial charge in [-0.15, -0.1) is 0 Å². The molecule has 4 N–H and O–H groups in total. The van der Waals surface area contributed by atoms with E-state index >= 15 is 0 Å². The number of hydroxylamine groups is 1. The van der Waals surface area contributed by atoms with E-state index in [0.717, 1.165) is 21.7 Å².